The average Bonchev–Trinajstić information content (AvgIpc) is 3.94. The molecule has 3 heterocycles. The van der Waals surface area contributed by atoms with Crippen LogP contribution in [0.4, 0.5) is 93.8 Å². The SMILES string of the molecule is CNc1ncnc(N(C)C(=O)Nc2cc(C(=O)Nc3cc(C(F)(F)F)ccc3N(C)C3CCN(C)C3)ccc2C)n1.CNc1ncnc(N(C)C(=O)Nc2cc(C(=O)Nc3cc(C(F)(F)F)ccc3N(C)CCCN(C)C)ccc2C)n1. The predicted octanol–water partition coefficient (Wildman–Crippen LogP) is 8.85. The second-order valence-electron chi connectivity index (χ2n) is 19.5. The van der Waals surface area contributed by atoms with Crippen LogP contribution in [0.25, 0.3) is 0 Å². The third-order valence-electron chi connectivity index (χ3n) is 13.2. The zero-order valence-corrected chi connectivity index (χ0v) is 47.2. The number of alkyl halides is 6. The Balaban J connectivity index is 0.000000264. The molecule has 6 aromatic rings. The van der Waals surface area contributed by atoms with Crippen molar-refractivity contribution in [2.24, 2.45) is 0 Å². The van der Waals surface area contributed by atoms with Crippen LogP contribution in [0.1, 0.15) is 55.8 Å². The normalized spacial score (nSPS) is 13.3. The van der Waals surface area contributed by atoms with Gasteiger partial charge in [0.25, 0.3) is 11.8 Å². The monoisotopic (exact) mass is 1140 g/mol. The fourth-order valence-electron chi connectivity index (χ4n) is 8.34. The molecule has 4 aromatic carbocycles. The molecular weight excluding hydrogens is 1080 g/mol. The van der Waals surface area contributed by atoms with E-state index in [4.69, 9.17) is 0 Å². The van der Waals surface area contributed by atoms with Gasteiger partial charge >= 0.3 is 24.4 Å². The molecule has 1 aliphatic heterocycles. The van der Waals surface area contributed by atoms with E-state index >= 15 is 0 Å². The summed E-state index contributed by atoms with van der Waals surface area (Å²) in [5, 5.41) is 16.3. The third kappa shape index (κ3) is 16.4. The van der Waals surface area contributed by atoms with E-state index in [-0.39, 0.29) is 52.3 Å². The van der Waals surface area contributed by atoms with Crippen LogP contribution >= 0.6 is 0 Å². The van der Waals surface area contributed by atoms with Crippen LogP contribution in [0.2, 0.25) is 0 Å². The molecule has 2 aromatic heterocycles. The van der Waals surface area contributed by atoms with Crippen LogP contribution in [-0.2, 0) is 12.4 Å². The van der Waals surface area contributed by atoms with Gasteiger partial charge in [-0.1, -0.05) is 12.1 Å². The van der Waals surface area contributed by atoms with Crippen molar-refractivity contribution in [1.29, 1.82) is 0 Å². The van der Waals surface area contributed by atoms with Gasteiger partial charge in [-0.15, -0.1) is 0 Å². The molecule has 6 N–H and O–H groups in total. The molecule has 438 valence electrons. The number of nitrogens with one attached hydrogen (secondary N) is 6. The number of rotatable bonds is 17. The first-order valence-electron chi connectivity index (χ1n) is 25.5. The lowest BCUT2D eigenvalue weighted by atomic mass is 10.1. The summed E-state index contributed by atoms with van der Waals surface area (Å²) in [5.41, 5.74) is 1.55. The first-order chi connectivity index (χ1) is 38.7. The quantitative estimate of drug-likeness (QED) is 0.0468. The summed E-state index contributed by atoms with van der Waals surface area (Å²) in [5.74, 6) is -0.496. The minimum atomic E-state index is -4.58. The number of nitrogens with zero attached hydrogens (tertiary/aromatic N) is 12. The standard InChI is InChI=1S/C27H32F3N9O2.C27H34F3N9O2/c1-16-6-7-17(12-20(16)35-26(41)39(5)25-33-15-32-24(31-2)36-25)23(40)34-21-13-18(27(28,29)30)8-9-22(21)38(4)19-10-11-37(3)14-19;1-17-8-9-18(14-20(17)35-26(41)39(6)25-33-16-32-24(31-2)36-25)23(40)34-21-15-19(27(28,29)30)10-11-22(21)38(5)13-7-12-37(3)4/h6-9,12-13,15,19H,10-11,14H2,1-5H3,(H,34,40)(H,35,41)(H,31,32,33,36);8-11,14-16H,7,12-13H2,1-6H3,(H,34,40)(H,35,41)(H,31,32,33,36). The Labute approximate surface area is 470 Å². The maximum Gasteiger partial charge on any atom is 0.416 e. The van der Waals surface area contributed by atoms with E-state index in [0.29, 0.717) is 40.4 Å². The van der Waals surface area contributed by atoms with E-state index in [9.17, 15) is 45.5 Å². The lowest BCUT2D eigenvalue weighted by Gasteiger charge is -2.29. The Morgan fingerprint density at radius 3 is 1.45 bits per heavy atom. The maximum absolute atomic E-state index is 13.6. The van der Waals surface area contributed by atoms with E-state index in [2.05, 4.69) is 66.7 Å². The fourth-order valence-corrected chi connectivity index (χ4v) is 8.34. The van der Waals surface area contributed by atoms with Gasteiger partial charge in [-0.05, 0) is 133 Å². The average molecular weight is 1150 g/mol. The minimum Gasteiger partial charge on any atom is -0.373 e. The molecule has 82 heavy (non-hydrogen) atoms. The van der Waals surface area contributed by atoms with Gasteiger partial charge in [0.15, 0.2) is 0 Å². The summed E-state index contributed by atoms with van der Waals surface area (Å²) >= 11 is 0. The number of halogens is 6. The largest absolute Gasteiger partial charge is 0.416 e. The molecular formula is C54H66F6N18O4. The number of carbonyl (C=O) groups excluding carboxylic acids is 4. The number of likely N-dealkylation sites (tertiary alicyclic amines) is 1. The van der Waals surface area contributed by atoms with E-state index < -0.39 is 47.4 Å². The molecule has 6 amide bonds. The number of likely N-dealkylation sites (N-methyl/N-ethyl adjacent to an activating group) is 2. The second-order valence-corrected chi connectivity index (χ2v) is 19.5. The molecule has 1 unspecified atom stereocenters. The molecule has 1 fully saturated rings. The molecule has 0 spiro atoms. The number of hydrogen-bond acceptors (Lipinski definition) is 16. The van der Waals surface area contributed by atoms with E-state index in [0.717, 1.165) is 56.7 Å². The molecule has 1 aliphatic rings. The number of hydrogen-bond donors (Lipinski definition) is 6. The Bertz CT molecular complexity index is 3240. The molecule has 0 saturated carbocycles. The Morgan fingerprint density at radius 2 is 1.04 bits per heavy atom. The van der Waals surface area contributed by atoms with Crippen LogP contribution < -0.4 is 51.5 Å². The molecule has 1 saturated heterocycles. The van der Waals surface area contributed by atoms with E-state index in [1.165, 1.54) is 72.9 Å². The highest BCUT2D eigenvalue weighted by Gasteiger charge is 2.34. The van der Waals surface area contributed by atoms with Gasteiger partial charge in [-0.2, -0.15) is 36.3 Å². The number of anilines is 10. The highest BCUT2D eigenvalue weighted by atomic mass is 19.4. The molecule has 0 radical (unpaired) electrons. The van der Waals surface area contributed by atoms with Crippen molar-refractivity contribution in [3.63, 3.8) is 0 Å². The summed E-state index contributed by atoms with van der Waals surface area (Å²) in [6.45, 7) is 6.47. The van der Waals surface area contributed by atoms with Crippen molar-refractivity contribution in [3.8, 4) is 0 Å². The predicted molar refractivity (Wildman–Crippen MR) is 305 cm³/mol. The number of aryl methyl sites for hydroxylation is 2. The van der Waals surface area contributed by atoms with Crippen molar-refractivity contribution in [1.82, 2.24) is 39.7 Å². The Hall–Kier alpha value is -8.92. The van der Waals surface area contributed by atoms with Crippen molar-refractivity contribution in [2.75, 3.05) is 141 Å². The van der Waals surface area contributed by atoms with Crippen LogP contribution in [-0.4, -0.2) is 159 Å². The molecule has 7 rings (SSSR count). The first kappa shape index (κ1) is 62.3. The van der Waals surface area contributed by atoms with Crippen LogP contribution in [0, 0.1) is 13.8 Å². The summed E-state index contributed by atoms with van der Waals surface area (Å²) in [6.07, 6.45) is -5.02. The summed E-state index contributed by atoms with van der Waals surface area (Å²) in [6, 6.07) is 14.8. The van der Waals surface area contributed by atoms with Crippen molar-refractivity contribution in [3.05, 3.63) is 119 Å². The van der Waals surface area contributed by atoms with Gasteiger partial charge < -0.3 is 51.5 Å². The number of carbonyl (C=O) groups is 4. The molecule has 28 heteroatoms. The van der Waals surface area contributed by atoms with Crippen molar-refractivity contribution in [2.45, 2.75) is 45.1 Å². The molecule has 22 nitrogen and oxygen atoms in total. The number of urea groups is 2. The highest BCUT2D eigenvalue weighted by Crippen LogP contribution is 2.38. The van der Waals surface area contributed by atoms with Crippen LogP contribution in [0.3, 0.4) is 0 Å². The zero-order valence-electron chi connectivity index (χ0n) is 47.2. The highest BCUT2D eigenvalue weighted by molar-refractivity contribution is 6.09. The van der Waals surface area contributed by atoms with Crippen LogP contribution in [0.15, 0.2) is 85.5 Å². The van der Waals surface area contributed by atoms with Crippen molar-refractivity contribution >= 4 is 81.8 Å². The van der Waals surface area contributed by atoms with E-state index in [1.807, 2.05) is 38.0 Å². The Morgan fingerprint density at radius 1 is 0.585 bits per heavy atom. The molecule has 0 aliphatic carbocycles. The maximum atomic E-state index is 13.6. The van der Waals surface area contributed by atoms with Gasteiger partial charge in [0.1, 0.15) is 12.7 Å². The van der Waals surface area contributed by atoms with Gasteiger partial charge in [0, 0.05) is 83.9 Å². The first-order valence-corrected chi connectivity index (χ1v) is 25.5. The van der Waals surface area contributed by atoms with Gasteiger partial charge in [0.05, 0.1) is 33.9 Å². The zero-order chi connectivity index (χ0) is 60.2. The van der Waals surface area contributed by atoms with Crippen LogP contribution in [0.5, 0.6) is 0 Å². The number of benzene rings is 4. The number of aromatic nitrogens is 6. The lowest BCUT2D eigenvalue weighted by Crippen LogP contribution is -2.34. The molecule has 0 bridgehead atoms. The van der Waals surface area contributed by atoms with E-state index in [1.54, 1.807) is 52.0 Å². The van der Waals surface area contributed by atoms with Gasteiger partial charge in [-0.25, -0.2) is 29.5 Å². The van der Waals surface area contributed by atoms with Gasteiger partial charge in [-0.3, -0.25) is 19.4 Å². The Kier molecular flexibility index (Phi) is 20.5. The summed E-state index contributed by atoms with van der Waals surface area (Å²) in [4.78, 5) is 86.7. The summed E-state index contributed by atoms with van der Waals surface area (Å²) in [7, 11) is 15.6. The second kappa shape index (κ2) is 27.0. The number of amides is 6. The lowest BCUT2D eigenvalue weighted by molar-refractivity contribution is -0.138. The van der Waals surface area contributed by atoms with Crippen molar-refractivity contribution < 1.29 is 45.5 Å². The molecule has 1 atom stereocenters. The van der Waals surface area contributed by atoms with Gasteiger partial charge in [0.2, 0.25) is 23.8 Å². The fraction of sp³-hybridized carbons (Fsp3) is 0.370. The summed E-state index contributed by atoms with van der Waals surface area (Å²) < 4.78 is 81.2. The smallest absolute Gasteiger partial charge is 0.373 e. The topological polar surface area (TPSA) is 237 Å². The minimum absolute atomic E-state index is 0.0262. The third-order valence-corrected chi connectivity index (χ3v) is 13.2.